The fourth-order valence-electron chi connectivity index (χ4n) is 3.25. The van der Waals surface area contributed by atoms with E-state index in [-0.39, 0.29) is 5.91 Å². The van der Waals surface area contributed by atoms with Gasteiger partial charge in [0.2, 0.25) is 11.8 Å². The number of nitrogens with one attached hydrogen (secondary N) is 1. The maximum absolute atomic E-state index is 11.3. The van der Waals surface area contributed by atoms with E-state index >= 15 is 0 Å². The molecule has 128 valence electrons. The summed E-state index contributed by atoms with van der Waals surface area (Å²) in [5.74, 6) is 1.87. The molecule has 1 amide bonds. The van der Waals surface area contributed by atoms with Gasteiger partial charge in [0.05, 0.1) is 5.39 Å². The lowest BCUT2D eigenvalue weighted by molar-refractivity contribution is -0.114. The summed E-state index contributed by atoms with van der Waals surface area (Å²) in [7, 11) is 0. The zero-order valence-electron chi connectivity index (χ0n) is 14.3. The van der Waals surface area contributed by atoms with E-state index < -0.39 is 0 Å². The van der Waals surface area contributed by atoms with E-state index in [0.717, 1.165) is 23.1 Å². The van der Waals surface area contributed by atoms with E-state index in [1.807, 2.05) is 31.2 Å². The number of hydrogen-bond donors (Lipinski definition) is 1. The predicted molar refractivity (Wildman–Crippen MR) is 99.6 cm³/mol. The van der Waals surface area contributed by atoms with Crippen molar-refractivity contribution in [2.24, 2.45) is 0 Å². The van der Waals surface area contributed by atoms with E-state index in [2.05, 4.69) is 15.3 Å². The van der Waals surface area contributed by atoms with Gasteiger partial charge in [0.1, 0.15) is 16.4 Å². The minimum absolute atomic E-state index is 0.107. The molecule has 0 saturated carbocycles. The molecule has 0 fully saturated rings. The van der Waals surface area contributed by atoms with Gasteiger partial charge in [0.25, 0.3) is 0 Å². The van der Waals surface area contributed by atoms with E-state index in [1.165, 1.54) is 30.2 Å². The quantitative estimate of drug-likeness (QED) is 0.746. The van der Waals surface area contributed by atoms with Gasteiger partial charge >= 0.3 is 0 Å². The van der Waals surface area contributed by atoms with Gasteiger partial charge < -0.3 is 10.1 Å². The van der Waals surface area contributed by atoms with Crippen LogP contribution in [0.1, 0.15) is 36.0 Å². The number of rotatable bonds is 3. The SMILES string of the molecule is CC(=O)Nc1cccc(Oc2nc(C)nc3sc4c(c23)CCCC4)c1. The predicted octanol–water partition coefficient (Wildman–Crippen LogP) is 4.63. The van der Waals surface area contributed by atoms with Gasteiger partial charge in [-0.3, -0.25) is 4.79 Å². The Bertz CT molecular complexity index is 965. The number of amides is 1. The number of carbonyl (C=O) groups excluding carboxylic acids is 1. The Labute approximate surface area is 150 Å². The molecule has 0 saturated heterocycles. The van der Waals surface area contributed by atoms with Crippen molar-refractivity contribution in [1.29, 1.82) is 0 Å². The highest BCUT2D eigenvalue weighted by Crippen LogP contribution is 2.40. The average molecular weight is 353 g/mol. The topological polar surface area (TPSA) is 64.1 Å². The summed E-state index contributed by atoms with van der Waals surface area (Å²) in [5, 5.41) is 3.83. The number of carbonyl (C=O) groups is 1. The molecule has 0 atom stereocenters. The molecule has 2 heterocycles. The second-order valence-corrected chi connectivity index (χ2v) is 7.36. The second kappa shape index (κ2) is 6.44. The van der Waals surface area contributed by atoms with Crippen molar-refractivity contribution in [3.63, 3.8) is 0 Å². The minimum atomic E-state index is -0.107. The molecular weight excluding hydrogens is 334 g/mol. The van der Waals surface area contributed by atoms with E-state index in [0.29, 0.717) is 23.1 Å². The molecule has 1 aromatic carbocycles. The summed E-state index contributed by atoms with van der Waals surface area (Å²) in [6.45, 7) is 3.38. The Morgan fingerprint density at radius 2 is 2.08 bits per heavy atom. The summed E-state index contributed by atoms with van der Waals surface area (Å²) >= 11 is 1.76. The molecule has 1 aliphatic rings. The lowest BCUT2D eigenvalue weighted by Gasteiger charge is -2.13. The van der Waals surface area contributed by atoms with Crippen LogP contribution in [0, 0.1) is 6.92 Å². The second-order valence-electron chi connectivity index (χ2n) is 6.28. The largest absolute Gasteiger partial charge is 0.438 e. The Morgan fingerprint density at radius 3 is 2.92 bits per heavy atom. The molecular formula is C19H19N3O2S. The normalized spacial score (nSPS) is 13.5. The lowest BCUT2D eigenvalue weighted by Crippen LogP contribution is -2.05. The van der Waals surface area contributed by atoms with Crippen molar-refractivity contribution < 1.29 is 9.53 Å². The zero-order chi connectivity index (χ0) is 17.4. The highest BCUT2D eigenvalue weighted by atomic mass is 32.1. The third-order valence-electron chi connectivity index (χ3n) is 4.26. The van der Waals surface area contributed by atoms with Crippen LogP contribution in [0.3, 0.4) is 0 Å². The average Bonchev–Trinajstić information content (AvgIpc) is 2.92. The molecule has 1 aliphatic carbocycles. The molecule has 0 aliphatic heterocycles. The summed E-state index contributed by atoms with van der Waals surface area (Å²) in [6.07, 6.45) is 4.61. The smallest absolute Gasteiger partial charge is 0.231 e. The van der Waals surface area contributed by atoms with Crippen molar-refractivity contribution in [2.45, 2.75) is 39.5 Å². The standard InChI is InChI=1S/C19H19N3O2S/c1-11-20-18(24-14-7-5-6-13(10-14)22-12(2)23)17-15-8-3-4-9-16(15)25-19(17)21-11/h5-7,10H,3-4,8-9H2,1-2H3,(H,22,23). The number of fused-ring (bicyclic) bond motifs is 3. The van der Waals surface area contributed by atoms with Crippen molar-refractivity contribution >= 4 is 33.1 Å². The summed E-state index contributed by atoms with van der Waals surface area (Å²) in [4.78, 5) is 22.8. The highest BCUT2D eigenvalue weighted by molar-refractivity contribution is 7.18. The van der Waals surface area contributed by atoms with Gasteiger partial charge in [-0.15, -0.1) is 11.3 Å². The van der Waals surface area contributed by atoms with Gasteiger partial charge in [-0.2, -0.15) is 4.98 Å². The summed E-state index contributed by atoms with van der Waals surface area (Å²) in [5.41, 5.74) is 2.05. The molecule has 1 N–H and O–H groups in total. The Hall–Kier alpha value is -2.47. The molecule has 5 nitrogen and oxygen atoms in total. The van der Waals surface area contributed by atoms with Crippen LogP contribution >= 0.6 is 11.3 Å². The molecule has 2 aromatic heterocycles. The fraction of sp³-hybridized carbons (Fsp3) is 0.316. The Morgan fingerprint density at radius 1 is 1.24 bits per heavy atom. The van der Waals surface area contributed by atoms with Gasteiger partial charge in [-0.1, -0.05) is 6.07 Å². The number of ether oxygens (including phenoxy) is 1. The summed E-state index contributed by atoms with van der Waals surface area (Å²) in [6, 6.07) is 7.37. The fourth-order valence-corrected chi connectivity index (χ4v) is 4.55. The number of aryl methyl sites for hydroxylation is 3. The maximum atomic E-state index is 11.3. The molecule has 6 heteroatoms. The third kappa shape index (κ3) is 3.22. The number of hydrogen-bond acceptors (Lipinski definition) is 5. The molecule has 0 radical (unpaired) electrons. The molecule has 3 aromatic rings. The van der Waals surface area contributed by atoms with Gasteiger partial charge in [-0.25, -0.2) is 4.98 Å². The van der Waals surface area contributed by atoms with Crippen LogP contribution in [0.25, 0.3) is 10.2 Å². The monoisotopic (exact) mass is 353 g/mol. The number of anilines is 1. The van der Waals surface area contributed by atoms with Crippen LogP contribution in [-0.4, -0.2) is 15.9 Å². The number of aromatic nitrogens is 2. The lowest BCUT2D eigenvalue weighted by atomic mass is 9.97. The highest BCUT2D eigenvalue weighted by Gasteiger charge is 2.21. The van der Waals surface area contributed by atoms with Crippen molar-refractivity contribution in [3.05, 3.63) is 40.5 Å². The molecule has 0 bridgehead atoms. The first-order chi connectivity index (χ1) is 12.1. The zero-order valence-corrected chi connectivity index (χ0v) is 15.1. The first-order valence-electron chi connectivity index (χ1n) is 8.44. The van der Waals surface area contributed by atoms with Crippen molar-refractivity contribution in [3.8, 4) is 11.6 Å². The van der Waals surface area contributed by atoms with E-state index in [4.69, 9.17) is 4.74 Å². The van der Waals surface area contributed by atoms with Gasteiger partial charge in [0.15, 0.2) is 0 Å². The Balaban J connectivity index is 1.76. The molecule has 0 spiro atoms. The first-order valence-corrected chi connectivity index (χ1v) is 9.26. The maximum Gasteiger partial charge on any atom is 0.231 e. The molecule has 4 rings (SSSR count). The van der Waals surface area contributed by atoms with Crippen molar-refractivity contribution in [1.82, 2.24) is 9.97 Å². The van der Waals surface area contributed by atoms with Crippen LogP contribution in [0.2, 0.25) is 0 Å². The van der Waals surface area contributed by atoms with Gasteiger partial charge in [0, 0.05) is 23.6 Å². The van der Waals surface area contributed by atoms with Crippen LogP contribution in [-0.2, 0) is 17.6 Å². The minimum Gasteiger partial charge on any atom is -0.438 e. The summed E-state index contributed by atoms with van der Waals surface area (Å²) < 4.78 is 6.12. The third-order valence-corrected chi connectivity index (χ3v) is 5.45. The van der Waals surface area contributed by atoms with Crippen LogP contribution in [0.5, 0.6) is 11.6 Å². The van der Waals surface area contributed by atoms with E-state index in [9.17, 15) is 4.79 Å². The molecule has 25 heavy (non-hydrogen) atoms. The molecule has 0 unspecified atom stereocenters. The van der Waals surface area contributed by atoms with Crippen LogP contribution in [0.15, 0.2) is 24.3 Å². The number of benzene rings is 1. The Kier molecular flexibility index (Phi) is 4.13. The van der Waals surface area contributed by atoms with Crippen LogP contribution in [0.4, 0.5) is 5.69 Å². The number of thiophene rings is 1. The number of nitrogens with zero attached hydrogens (tertiary/aromatic N) is 2. The van der Waals surface area contributed by atoms with Gasteiger partial charge in [-0.05, 0) is 50.3 Å². The van der Waals surface area contributed by atoms with Crippen molar-refractivity contribution in [2.75, 3.05) is 5.32 Å². The first kappa shape index (κ1) is 16.0. The van der Waals surface area contributed by atoms with E-state index in [1.54, 1.807) is 11.3 Å². The van der Waals surface area contributed by atoms with Crippen LogP contribution < -0.4 is 10.1 Å².